The molecule has 122 valence electrons. The molecule has 0 saturated carbocycles. The van der Waals surface area contributed by atoms with Crippen molar-refractivity contribution in [1.82, 2.24) is 5.43 Å². The average molecular weight is 358 g/mol. The lowest BCUT2D eigenvalue weighted by molar-refractivity contribution is -0.119. The van der Waals surface area contributed by atoms with Gasteiger partial charge in [-0.15, -0.1) is 0 Å². The summed E-state index contributed by atoms with van der Waals surface area (Å²) in [7, 11) is -4.08. The van der Waals surface area contributed by atoms with Crippen molar-refractivity contribution >= 4 is 33.2 Å². The molecule has 0 aliphatic rings. The van der Waals surface area contributed by atoms with E-state index in [4.69, 9.17) is 17.4 Å². The molecule has 0 fully saturated rings. The van der Waals surface area contributed by atoms with Crippen LogP contribution in [0.2, 0.25) is 5.02 Å². The molecule has 0 saturated heterocycles. The van der Waals surface area contributed by atoms with Crippen molar-refractivity contribution in [2.75, 3.05) is 10.8 Å². The molecule has 0 aromatic heterocycles. The van der Waals surface area contributed by atoms with Crippen molar-refractivity contribution in [3.05, 3.63) is 59.4 Å². The van der Waals surface area contributed by atoms with E-state index in [0.717, 1.165) is 28.6 Å². The molecular formula is C14H13ClFN3O3S. The number of nitrogens with one attached hydrogen (secondary N) is 1. The predicted octanol–water partition coefficient (Wildman–Crippen LogP) is 1.66. The molecule has 0 aliphatic heterocycles. The Labute approximate surface area is 137 Å². The van der Waals surface area contributed by atoms with Gasteiger partial charge in [-0.2, -0.15) is 0 Å². The topological polar surface area (TPSA) is 92.5 Å². The van der Waals surface area contributed by atoms with Crippen LogP contribution in [0.15, 0.2) is 53.4 Å². The van der Waals surface area contributed by atoms with Crippen LogP contribution in [-0.2, 0) is 14.8 Å². The number of carbonyl (C=O) groups excluding carboxylic acids is 1. The molecule has 0 heterocycles. The summed E-state index contributed by atoms with van der Waals surface area (Å²) in [5.74, 6) is 3.76. The van der Waals surface area contributed by atoms with E-state index in [2.05, 4.69) is 0 Å². The summed E-state index contributed by atoms with van der Waals surface area (Å²) in [5, 5.41) is 0.413. The van der Waals surface area contributed by atoms with Crippen LogP contribution >= 0.6 is 11.6 Å². The number of anilines is 1. The average Bonchev–Trinajstić information content (AvgIpc) is 2.53. The van der Waals surface area contributed by atoms with E-state index < -0.39 is 28.3 Å². The molecule has 2 aromatic rings. The molecular weight excluding hydrogens is 345 g/mol. The van der Waals surface area contributed by atoms with Crippen molar-refractivity contribution in [2.45, 2.75) is 4.90 Å². The molecule has 9 heteroatoms. The Bertz CT molecular complexity index is 795. The highest BCUT2D eigenvalue weighted by molar-refractivity contribution is 7.92. The monoisotopic (exact) mass is 357 g/mol. The van der Waals surface area contributed by atoms with Gasteiger partial charge in [0.05, 0.1) is 10.6 Å². The smallest absolute Gasteiger partial charge is 0.264 e. The third kappa shape index (κ3) is 3.98. The van der Waals surface area contributed by atoms with Gasteiger partial charge in [-0.25, -0.2) is 18.7 Å². The van der Waals surface area contributed by atoms with E-state index in [9.17, 15) is 17.6 Å². The summed E-state index contributed by atoms with van der Waals surface area (Å²) >= 11 is 5.79. The van der Waals surface area contributed by atoms with E-state index in [1.165, 1.54) is 24.3 Å². The standard InChI is InChI=1S/C14H13ClFN3O3S/c15-10-1-5-12(6-2-10)19(9-14(20)18-17)23(21,22)13-7-3-11(16)4-8-13/h1-8H,9,17H2,(H,18,20). The number of carbonyl (C=O) groups is 1. The van der Waals surface area contributed by atoms with Gasteiger partial charge < -0.3 is 0 Å². The van der Waals surface area contributed by atoms with Crippen molar-refractivity contribution in [3.63, 3.8) is 0 Å². The molecule has 0 bridgehead atoms. The lowest BCUT2D eigenvalue weighted by atomic mass is 10.3. The second kappa shape index (κ2) is 6.95. The molecule has 23 heavy (non-hydrogen) atoms. The fraction of sp³-hybridized carbons (Fsp3) is 0.0714. The first-order valence-corrected chi connectivity index (χ1v) is 8.19. The zero-order chi connectivity index (χ0) is 17.0. The number of halogens is 2. The van der Waals surface area contributed by atoms with E-state index in [-0.39, 0.29) is 10.6 Å². The van der Waals surface area contributed by atoms with Crippen LogP contribution in [0, 0.1) is 5.82 Å². The first-order chi connectivity index (χ1) is 10.8. The van der Waals surface area contributed by atoms with Crippen molar-refractivity contribution in [3.8, 4) is 0 Å². The van der Waals surface area contributed by atoms with Gasteiger partial charge in [-0.05, 0) is 48.5 Å². The highest BCUT2D eigenvalue weighted by atomic mass is 35.5. The molecule has 6 nitrogen and oxygen atoms in total. The van der Waals surface area contributed by atoms with Crippen LogP contribution in [0.3, 0.4) is 0 Å². The van der Waals surface area contributed by atoms with E-state index in [0.29, 0.717) is 5.02 Å². The minimum absolute atomic E-state index is 0.154. The van der Waals surface area contributed by atoms with Gasteiger partial charge in [0.1, 0.15) is 12.4 Å². The van der Waals surface area contributed by atoms with Gasteiger partial charge in [0.15, 0.2) is 0 Å². The number of rotatable bonds is 5. The van der Waals surface area contributed by atoms with Gasteiger partial charge in [-0.3, -0.25) is 14.5 Å². The first-order valence-electron chi connectivity index (χ1n) is 6.38. The summed E-state index contributed by atoms with van der Waals surface area (Å²) in [5.41, 5.74) is 2.10. The molecule has 1 amide bonds. The van der Waals surface area contributed by atoms with Crippen LogP contribution in [-0.4, -0.2) is 20.9 Å². The summed E-state index contributed by atoms with van der Waals surface area (Å²) in [6, 6.07) is 10.2. The third-order valence-corrected chi connectivity index (χ3v) is 5.00. The highest BCUT2D eigenvalue weighted by Gasteiger charge is 2.27. The Morgan fingerprint density at radius 2 is 1.70 bits per heavy atom. The van der Waals surface area contributed by atoms with Crippen molar-refractivity contribution in [2.24, 2.45) is 5.84 Å². The predicted molar refractivity (Wildman–Crippen MR) is 84.7 cm³/mol. The lowest BCUT2D eigenvalue weighted by Crippen LogP contribution is -2.43. The van der Waals surface area contributed by atoms with Crippen molar-refractivity contribution in [1.29, 1.82) is 0 Å². The van der Waals surface area contributed by atoms with E-state index >= 15 is 0 Å². The Hall–Kier alpha value is -2.16. The number of nitrogens with zero attached hydrogens (tertiary/aromatic N) is 1. The number of hydrogen-bond donors (Lipinski definition) is 2. The van der Waals surface area contributed by atoms with Gasteiger partial charge >= 0.3 is 0 Å². The molecule has 3 N–H and O–H groups in total. The number of hydrazine groups is 1. The van der Waals surface area contributed by atoms with Crippen molar-refractivity contribution < 1.29 is 17.6 Å². The minimum atomic E-state index is -4.08. The Kier molecular flexibility index (Phi) is 5.19. The van der Waals surface area contributed by atoms with Gasteiger partial charge in [0, 0.05) is 5.02 Å². The fourth-order valence-corrected chi connectivity index (χ4v) is 3.38. The summed E-state index contributed by atoms with van der Waals surface area (Å²) < 4.78 is 39.3. The zero-order valence-electron chi connectivity index (χ0n) is 11.7. The third-order valence-electron chi connectivity index (χ3n) is 2.96. The fourth-order valence-electron chi connectivity index (χ4n) is 1.83. The number of sulfonamides is 1. The van der Waals surface area contributed by atoms with Crippen LogP contribution in [0.1, 0.15) is 0 Å². The largest absolute Gasteiger partial charge is 0.293 e. The molecule has 0 atom stereocenters. The van der Waals surface area contributed by atoms with Gasteiger partial charge in [0.2, 0.25) is 0 Å². The van der Waals surface area contributed by atoms with Gasteiger partial charge in [-0.1, -0.05) is 11.6 Å². The second-order valence-electron chi connectivity index (χ2n) is 4.51. The quantitative estimate of drug-likeness (QED) is 0.483. The molecule has 2 aromatic carbocycles. The lowest BCUT2D eigenvalue weighted by Gasteiger charge is -2.23. The minimum Gasteiger partial charge on any atom is -0.293 e. The Balaban J connectivity index is 2.49. The summed E-state index contributed by atoms with van der Waals surface area (Å²) in [6.07, 6.45) is 0. The number of amides is 1. The summed E-state index contributed by atoms with van der Waals surface area (Å²) in [4.78, 5) is 11.4. The van der Waals surface area contributed by atoms with Crippen LogP contribution < -0.4 is 15.6 Å². The van der Waals surface area contributed by atoms with Gasteiger partial charge in [0.25, 0.3) is 15.9 Å². The van der Waals surface area contributed by atoms with E-state index in [1.807, 2.05) is 5.43 Å². The summed E-state index contributed by atoms with van der Waals surface area (Å²) in [6.45, 7) is -0.530. The van der Waals surface area contributed by atoms with Crippen LogP contribution in [0.4, 0.5) is 10.1 Å². The Morgan fingerprint density at radius 1 is 1.13 bits per heavy atom. The van der Waals surface area contributed by atoms with Crippen LogP contribution in [0.25, 0.3) is 0 Å². The van der Waals surface area contributed by atoms with Crippen LogP contribution in [0.5, 0.6) is 0 Å². The maximum atomic E-state index is 13.0. The molecule has 0 aliphatic carbocycles. The number of nitrogens with two attached hydrogens (primary N) is 1. The maximum absolute atomic E-state index is 13.0. The number of benzene rings is 2. The SMILES string of the molecule is NNC(=O)CN(c1ccc(Cl)cc1)S(=O)(=O)c1ccc(F)cc1. The van der Waals surface area contributed by atoms with E-state index in [1.54, 1.807) is 0 Å². The number of hydrogen-bond acceptors (Lipinski definition) is 4. The first kappa shape index (κ1) is 17.2. The molecule has 0 spiro atoms. The molecule has 0 radical (unpaired) electrons. The maximum Gasteiger partial charge on any atom is 0.264 e. The molecule has 0 unspecified atom stereocenters. The molecule has 2 rings (SSSR count). The highest BCUT2D eigenvalue weighted by Crippen LogP contribution is 2.25. The zero-order valence-corrected chi connectivity index (χ0v) is 13.3. The normalized spacial score (nSPS) is 11.1. The second-order valence-corrected chi connectivity index (χ2v) is 6.81. The Morgan fingerprint density at radius 3 is 2.22 bits per heavy atom.